The minimum Gasteiger partial charge on any atom is -0.373 e. The second-order valence-electron chi connectivity index (χ2n) is 4.02. The molecule has 1 saturated heterocycles. The second kappa shape index (κ2) is 5.87. The van der Waals surface area contributed by atoms with Crippen molar-refractivity contribution in [1.29, 1.82) is 0 Å². The van der Waals surface area contributed by atoms with Crippen LogP contribution in [0.2, 0.25) is 0 Å². The highest BCUT2D eigenvalue weighted by atomic mass is 32.2. The lowest BCUT2D eigenvalue weighted by atomic mass is 10.1. The predicted molar refractivity (Wildman–Crippen MR) is 73.2 cm³/mol. The Balaban J connectivity index is 2.14. The summed E-state index contributed by atoms with van der Waals surface area (Å²) >= 11 is 1.42. The topological polar surface area (TPSA) is 96.0 Å². The van der Waals surface area contributed by atoms with Crippen LogP contribution in [0.5, 0.6) is 0 Å². The average molecular weight is 281 g/mol. The van der Waals surface area contributed by atoms with Crippen LogP contribution in [-0.2, 0) is 9.59 Å². The van der Waals surface area contributed by atoms with Gasteiger partial charge in [-0.3, -0.25) is 14.9 Å². The molecule has 0 aliphatic carbocycles. The molecule has 19 heavy (non-hydrogen) atoms. The molecule has 2 heterocycles. The zero-order valence-corrected chi connectivity index (χ0v) is 11.5. The van der Waals surface area contributed by atoms with Crippen molar-refractivity contribution in [3.8, 4) is 0 Å². The van der Waals surface area contributed by atoms with Crippen LogP contribution in [0.15, 0.2) is 11.2 Å². The lowest BCUT2D eigenvalue weighted by Crippen LogP contribution is -2.47. The summed E-state index contributed by atoms with van der Waals surface area (Å²) in [4.78, 5) is 31.3. The van der Waals surface area contributed by atoms with Crippen LogP contribution in [0, 0.1) is 0 Å². The largest absolute Gasteiger partial charge is 0.373 e. The number of aromatic nitrogens is 2. The Bertz CT molecular complexity index is 486. The quantitative estimate of drug-likeness (QED) is 0.419. The van der Waals surface area contributed by atoms with E-state index >= 15 is 0 Å². The van der Waals surface area contributed by atoms with E-state index < -0.39 is 6.04 Å². The number of hydrogen-bond donors (Lipinski definition) is 3. The van der Waals surface area contributed by atoms with Gasteiger partial charge in [0.25, 0.3) is 0 Å². The van der Waals surface area contributed by atoms with Gasteiger partial charge in [-0.1, -0.05) is 11.8 Å². The second-order valence-corrected chi connectivity index (χ2v) is 4.80. The van der Waals surface area contributed by atoms with Crippen LogP contribution >= 0.6 is 11.8 Å². The summed E-state index contributed by atoms with van der Waals surface area (Å²) < 4.78 is 0. The fourth-order valence-corrected chi connectivity index (χ4v) is 2.11. The highest BCUT2D eigenvalue weighted by Crippen LogP contribution is 2.19. The standard InChI is InChI=1S/C11H15N5O2S/c1-12-7-5-8(15-11(14-7)19-2)13-6-3-4-9(17)16-10(6)18/h5-6H,3-4H2,1-2H3,(H,16,17,18)(H2,12,13,14,15). The van der Waals surface area contributed by atoms with Crippen molar-refractivity contribution >= 4 is 35.2 Å². The monoisotopic (exact) mass is 281 g/mol. The first-order valence-electron chi connectivity index (χ1n) is 5.83. The SMILES string of the molecule is CNc1cc(NC2CCC(=O)NC2=O)nc(SC)n1. The number of nitrogens with one attached hydrogen (secondary N) is 3. The normalized spacial score (nSPS) is 18.9. The van der Waals surface area contributed by atoms with Crippen LogP contribution in [0.25, 0.3) is 0 Å². The molecule has 1 aromatic rings. The molecule has 0 spiro atoms. The Morgan fingerprint density at radius 3 is 2.74 bits per heavy atom. The van der Waals surface area contributed by atoms with Crippen molar-refractivity contribution in [3.05, 3.63) is 6.07 Å². The molecule has 1 fully saturated rings. The van der Waals surface area contributed by atoms with E-state index in [0.29, 0.717) is 29.6 Å². The molecule has 0 aromatic carbocycles. The summed E-state index contributed by atoms with van der Waals surface area (Å²) in [6.45, 7) is 0. The summed E-state index contributed by atoms with van der Waals surface area (Å²) in [6.07, 6.45) is 2.69. The zero-order valence-electron chi connectivity index (χ0n) is 10.7. The van der Waals surface area contributed by atoms with Gasteiger partial charge in [0.15, 0.2) is 5.16 Å². The summed E-state index contributed by atoms with van der Waals surface area (Å²) in [5.74, 6) is 0.699. The minimum absolute atomic E-state index is 0.230. The first-order valence-corrected chi connectivity index (χ1v) is 7.06. The molecule has 1 aliphatic rings. The summed E-state index contributed by atoms with van der Waals surface area (Å²) in [5.41, 5.74) is 0. The molecule has 1 aliphatic heterocycles. The molecular weight excluding hydrogens is 266 g/mol. The lowest BCUT2D eigenvalue weighted by molar-refractivity contribution is -0.133. The van der Waals surface area contributed by atoms with Crippen LogP contribution in [0.1, 0.15) is 12.8 Å². The average Bonchev–Trinajstić information content (AvgIpc) is 2.41. The fourth-order valence-electron chi connectivity index (χ4n) is 1.73. The zero-order chi connectivity index (χ0) is 13.8. The van der Waals surface area contributed by atoms with Gasteiger partial charge in [0.1, 0.15) is 17.7 Å². The number of nitrogens with zero attached hydrogens (tertiary/aromatic N) is 2. The predicted octanol–water partition coefficient (Wildman–Crippen LogP) is 0.457. The Kier molecular flexibility index (Phi) is 4.20. The Hall–Kier alpha value is -1.83. The molecule has 2 rings (SSSR count). The number of piperidine rings is 1. The number of carbonyl (C=O) groups is 2. The minimum atomic E-state index is -0.438. The maximum Gasteiger partial charge on any atom is 0.249 e. The smallest absolute Gasteiger partial charge is 0.249 e. The van der Waals surface area contributed by atoms with Gasteiger partial charge in [0.2, 0.25) is 11.8 Å². The third-order valence-corrected chi connectivity index (χ3v) is 3.25. The van der Waals surface area contributed by atoms with E-state index in [4.69, 9.17) is 0 Å². The van der Waals surface area contributed by atoms with E-state index in [0.717, 1.165) is 0 Å². The van der Waals surface area contributed by atoms with Gasteiger partial charge >= 0.3 is 0 Å². The van der Waals surface area contributed by atoms with Crippen LogP contribution in [-0.4, -0.2) is 41.1 Å². The van der Waals surface area contributed by atoms with E-state index in [1.165, 1.54) is 11.8 Å². The molecule has 8 heteroatoms. The van der Waals surface area contributed by atoms with E-state index in [1.807, 2.05) is 6.26 Å². The molecule has 7 nitrogen and oxygen atoms in total. The third kappa shape index (κ3) is 3.34. The molecule has 3 N–H and O–H groups in total. The van der Waals surface area contributed by atoms with Crippen molar-refractivity contribution in [3.63, 3.8) is 0 Å². The van der Waals surface area contributed by atoms with Crippen molar-refractivity contribution in [2.75, 3.05) is 23.9 Å². The number of hydrogen-bond acceptors (Lipinski definition) is 7. The molecule has 1 atom stereocenters. The molecular formula is C11H15N5O2S. The van der Waals surface area contributed by atoms with Crippen molar-refractivity contribution in [2.24, 2.45) is 0 Å². The van der Waals surface area contributed by atoms with Gasteiger partial charge in [-0.25, -0.2) is 9.97 Å². The highest BCUT2D eigenvalue weighted by Gasteiger charge is 2.26. The fraction of sp³-hybridized carbons (Fsp3) is 0.455. The maximum absolute atomic E-state index is 11.7. The highest BCUT2D eigenvalue weighted by molar-refractivity contribution is 7.98. The van der Waals surface area contributed by atoms with Gasteiger partial charge in [0, 0.05) is 19.5 Å². The van der Waals surface area contributed by atoms with E-state index in [9.17, 15) is 9.59 Å². The number of anilines is 2. The van der Waals surface area contributed by atoms with E-state index in [-0.39, 0.29) is 11.8 Å². The van der Waals surface area contributed by atoms with Crippen molar-refractivity contribution in [1.82, 2.24) is 15.3 Å². The van der Waals surface area contributed by atoms with Gasteiger partial charge in [-0.05, 0) is 12.7 Å². The molecule has 1 unspecified atom stereocenters. The Labute approximate surface area is 115 Å². The van der Waals surface area contributed by atoms with Crippen LogP contribution in [0.4, 0.5) is 11.6 Å². The molecule has 0 radical (unpaired) electrons. The molecule has 1 aromatic heterocycles. The Morgan fingerprint density at radius 1 is 1.37 bits per heavy atom. The first kappa shape index (κ1) is 13.6. The van der Waals surface area contributed by atoms with E-state index in [2.05, 4.69) is 25.9 Å². The van der Waals surface area contributed by atoms with Crippen LogP contribution in [0.3, 0.4) is 0 Å². The van der Waals surface area contributed by atoms with Crippen LogP contribution < -0.4 is 16.0 Å². The molecule has 0 saturated carbocycles. The lowest BCUT2D eigenvalue weighted by Gasteiger charge is -2.22. The number of rotatable bonds is 4. The number of thioether (sulfide) groups is 1. The van der Waals surface area contributed by atoms with Crippen molar-refractivity contribution in [2.45, 2.75) is 24.0 Å². The summed E-state index contributed by atoms with van der Waals surface area (Å²) in [7, 11) is 1.77. The summed E-state index contributed by atoms with van der Waals surface area (Å²) in [5, 5.41) is 8.89. The van der Waals surface area contributed by atoms with Gasteiger partial charge in [-0.15, -0.1) is 0 Å². The van der Waals surface area contributed by atoms with Gasteiger partial charge < -0.3 is 10.6 Å². The number of carbonyl (C=O) groups excluding carboxylic acids is 2. The molecule has 2 amide bonds. The number of amides is 2. The molecule has 0 bridgehead atoms. The van der Waals surface area contributed by atoms with E-state index in [1.54, 1.807) is 13.1 Å². The first-order chi connectivity index (χ1) is 9.12. The number of imide groups is 1. The maximum atomic E-state index is 11.7. The Morgan fingerprint density at radius 2 is 2.11 bits per heavy atom. The molecule has 102 valence electrons. The third-order valence-electron chi connectivity index (χ3n) is 2.71. The summed E-state index contributed by atoms with van der Waals surface area (Å²) in [6, 6.07) is 1.29. The van der Waals surface area contributed by atoms with Gasteiger partial charge in [-0.2, -0.15) is 0 Å². The van der Waals surface area contributed by atoms with Crippen molar-refractivity contribution < 1.29 is 9.59 Å². The van der Waals surface area contributed by atoms with Gasteiger partial charge in [0.05, 0.1) is 0 Å².